The fourth-order valence-corrected chi connectivity index (χ4v) is 2.50. The van der Waals surface area contributed by atoms with Crippen LogP contribution in [-0.2, 0) is 16.1 Å². The maximum Gasteiger partial charge on any atom is 0.239 e. The normalized spacial score (nSPS) is 17.3. The second-order valence-electron chi connectivity index (χ2n) is 5.45. The zero-order chi connectivity index (χ0) is 15.9. The summed E-state index contributed by atoms with van der Waals surface area (Å²) >= 11 is 0. The molecule has 0 bridgehead atoms. The van der Waals surface area contributed by atoms with Gasteiger partial charge in [0.25, 0.3) is 0 Å². The highest BCUT2D eigenvalue weighted by molar-refractivity contribution is 5.86. The third-order valence-corrected chi connectivity index (χ3v) is 3.84. The van der Waals surface area contributed by atoms with E-state index in [0.717, 1.165) is 18.5 Å². The fraction of sp³-hybridized carbons (Fsp3) is 0.500. The van der Waals surface area contributed by atoms with Gasteiger partial charge in [-0.2, -0.15) is 0 Å². The van der Waals surface area contributed by atoms with Crippen molar-refractivity contribution >= 4 is 11.8 Å². The minimum atomic E-state index is -0.303. The maximum absolute atomic E-state index is 12.8. The number of hydrogen-bond donors (Lipinski definition) is 2. The van der Waals surface area contributed by atoms with E-state index in [1.807, 2.05) is 6.92 Å². The van der Waals surface area contributed by atoms with Gasteiger partial charge in [0.1, 0.15) is 5.82 Å². The number of hydrogen-bond acceptors (Lipinski definition) is 3. The number of likely N-dealkylation sites (N-methyl/N-ethyl adjacent to an activating group) is 1. The Kier molecular flexibility index (Phi) is 5.89. The second-order valence-corrected chi connectivity index (χ2v) is 5.45. The highest BCUT2D eigenvalue weighted by atomic mass is 19.1. The molecule has 0 saturated carbocycles. The van der Waals surface area contributed by atoms with Crippen LogP contribution in [-0.4, -0.2) is 42.9 Å². The summed E-state index contributed by atoms with van der Waals surface area (Å²) < 4.78 is 12.8. The van der Waals surface area contributed by atoms with Gasteiger partial charge in [-0.15, -0.1) is 0 Å². The van der Waals surface area contributed by atoms with Gasteiger partial charge in [-0.1, -0.05) is 12.1 Å². The number of nitrogens with one attached hydrogen (secondary N) is 2. The molecule has 1 saturated heterocycles. The number of carbonyl (C=O) groups is 2. The topological polar surface area (TPSA) is 61.4 Å². The monoisotopic (exact) mass is 307 g/mol. The van der Waals surface area contributed by atoms with Crippen molar-refractivity contribution in [3.63, 3.8) is 0 Å². The van der Waals surface area contributed by atoms with Crippen molar-refractivity contribution in [3.05, 3.63) is 35.6 Å². The first-order chi connectivity index (χ1) is 10.6. The zero-order valence-electron chi connectivity index (χ0n) is 12.8. The lowest BCUT2D eigenvalue weighted by molar-refractivity contribution is -0.138. The Morgan fingerprint density at radius 1 is 1.36 bits per heavy atom. The van der Waals surface area contributed by atoms with Gasteiger partial charge in [-0.3, -0.25) is 9.59 Å². The van der Waals surface area contributed by atoms with Crippen LogP contribution in [0, 0.1) is 11.7 Å². The van der Waals surface area contributed by atoms with Crippen LogP contribution < -0.4 is 10.6 Å². The maximum atomic E-state index is 12.8. The zero-order valence-corrected chi connectivity index (χ0v) is 12.8. The molecule has 2 rings (SSSR count). The van der Waals surface area contributed by atoms with Crippen molar-refractivity contribution in [1.29, 1.82) is 0 Å². The Bertz CT molecular complexity index is 513. The minimum Gasteiger partial charge on any atom is -0.350 e. The van der Waals surface area contributed by atoms with E-state index in [1.54, 1.807) is 17.0 Å². The lowest BCUT2D eigenvalue weighted by Gasteiger charge is -2.23. The lowest BCUT2D eigenvalue weighted by Crippen LogP contribution is -2.43. The molecule has 1 aromatic carbocycles. The van der Waals surface area contributed by atoms with Crippen molar-refractivity contribution in [2.24, 2.45) is 5.92 Å². The summed E-state index contributed by atoms with van der Waals surface area (Å²) in [6, 6.07) is 5.97. The number of carbonyl (C=O) groups excluding carboxylic acids is 2. The lowest BCUT2D eigenvalue weighted by atomic mass is 10.1. The van der Waals surface area contributed by atoms with Gasteiger partial charge in [0.2, 0.25) is 11.8 Å². The number of nitrogens with zero attached hydrogens (tertiary/aromatic N) is 1. The number of amides is 2. The highest BCUT2D eigenvalue weighted by Crippen LogP contribution is 2.11. The first-order valence-corrected chi connectivity index (χ1v) is 7.60. The Morgan fingerprint density at radius 3 is 2.68 bits per heavy atom. The summed E-state index contributed by atoms with van der Waals surface area (Å²) in [4.78, 5) is 25.8. The average molecular weight is 307 g/mol. The van der Waals surface area contributed by atoms with E-state index in [9.17, 15) is 14.0 Å². The van der Waals surface area contributed by atoms with Crippen molar-refractivity contribution in [2.45, 2.75) is 19.9 Å². The molecule has 1 aliphatic heterocycles. The van der Waals surface area contributed by atoms with Gasteiger partial charge in [-0.25, -0.2) is 4.39 Å². The summed E-state index contributed by atoms with van der Waals surface area (Å²) in [6.07, 6.45) is 0.826. The van der Waals surface area contributed by atoms with Crippen LogP contribution in [0.25, 0.3) is 0 Å². The molecule has 5 nitrogen and oxygen atoms in total. The second kappa shape index (κ2) is 7.89. The van der Waals surface area contributed by atoms with Crippen molar-refractivity contribution in [1.82, 2.24) is 15.5 Å². The SMILES string of the molecule is CCN(CC(=O)NCc1ccc(F)cc1)C(=O)C1CCNC1. The Balaban J connectivity index is 1.81. The first kappa shape index (κ1) is 16.4. The molecule has 1 fully saturated rings. The Labute approximate surface area is 129 Å². The molecular formula is C16H22FN3O2. The predicted octanol–water partition coefficient (Wildman–Crippen LogP) is 0.900. The average Bonchev–Trinajstić information content (AvgIpc) is 3.06. The highest BCUT2D eigenvalue weighted by Gasteiger charge is 2.27. The smallest absolute Gasteiger partial charge is 0.239 e. The van der Waals surface area contributed by atoms with E-state index in [4.69, 9.17) is 0 Å². The predicted molar refractivity (Wildman–Crippen MR) is 81.5 cm³/mol. The molecule has 1 atom stereocenters. The Morgan fingerprint density at radius 2 is 2.09 bits per heavy atom. The molecule has 2 amide bonds. The standard InChI is InChI=1S/C16H22FN3O2/c1-2-20(16(22)13-7-8-18-10-13)11-15(21)19-9-12-3-5-14(17)6-4-12/h3-6,13,18H,2,7-11H2,1H3,(H,19,21). The molecule has 1 heterocycles. The van der Waals surface area contributed by atoms with Crippen LogP contribution in [0.15, 0.2) is 24.3 Å². The summed E-state index contributed by atoms with van der Waals surface area (Å²) in [7, 11) is 0. The largest absolute Gasteiger partial charge is 0.350 e. The van der Waals surface area contributed by atoms with Crippen LogP contribution in [0.1, 0.15) is 18.9 Å². The van der Waals surface area contributed by atoms with E-state index in [1.165, 1.54) is 12.1 Å². The van der Waals surface area contributed by atoms with Crippen LogP contribution in [0.3, 0.4) is 0 Å². The Hall–Kier alpha value is -1.95. The van der Waals surface area contributed by atoms with Crippen molar-refractivity contribution in [2.75, 3.05) is 26.2 Å². The molecule has 1 aliphatic rings. The van der Waals surface area contributed by atoms with Crippen molar-refractivity contribution in [3.8, 4) is 0 Å². The van der Waals surface area contributed by atoms with Crippen LogP contribution in [0.5, 0.6) is 0 Å². The third kappa shape index (κ3) is 4.53. The molecule has 120 valence electrons. The minimum absolute atomic E-state index is 0.0233. The molecule has 0 radical (unpaired) electrons. The first-order valence-electron chi connectivity index (χ1n) is 7.60. The van der Waals surface area contributed by atoms with E-state index in [-0.39, 0.29) is 30.1 Å². The van der Waals surface area contributed by atoms with E-state index < -0.39 is 0 Å². The van der Waals surface area contributed by atoms with E-state index in [2.05, 4.69) is 10.6 Å². The molecule has 0 aliphatic carbocycles. The van der Waals surface area contributed by atoms with Crippen LogP contribution >= 0.6 is 0 Å². The molecule has 0 aromatic heterocycles. The van der Waals surface area contributed by atoms with Gasteiger partial charge >= 0.3 is 0 Å². The van der Waals surface area contributed by atoms with E-state index in [0.29, 0.717) is 19.6 Å². The van der Waals surface area contributed by atoms with E-state index >= 15 is 0 Å². The summed E-state index contributed by atoms with van der Waals surface area (Å²) in [5.41, 5.74) is 0.823. The molecular weight excluding hydrogens is 285 g/mol. The molecule has 1 aromatic rings. The van der Waals surface area contributed by atoms with Gasteiger partial charge in [0.05, 0.1) is 12.5 Å². The van der Waals surface area contributed by atoms with Crippen LogP contribution in [0.2, 0.25) is 0 Å². The number of rotatable bonds is 6. The summed E-state index contributed by atoms with van der Waals surface area (Å²) in [5.74, 6) is -0.497. The van der Waals surface area contributed by atoms with Crippen LogP contribution in [0.4, 0.5) is 4.39 Å². The fourth-order valence-electron chi connectivity index (χ4n) is 2.50. The molecule has 2 N–H and O–H groups in total. The molecule has 1 unspecified atom stereocenters. The molecule has 6 heteroatoms. The van der Waals surface area contributed by atoms with Gasteiger partial charge in [0.15, 0.2) is 0 Å². The molecule has 0 spiro atoms. The summed E-state index contributed by atoms with van der Waals surface area (Å²) in [6.45, 7) is 4.31. The molecule has 22 heavy (non-hydrogen) atoms. The van der Waals surface area contributed by atoms with Crippen molar-refractivity contribution < 1.29 is 14.0 Å². The number of halogens is 1. The quantitative estimate of drug-likeness (QED) is 0.821. The third-order valence-electron chi connectivity index (χ3n) is 3.84. The van der Waals surface area contributed by atoms with Gasteiger partial charge < -0.3 is 15.5 Å². The number of benzene rings is 1. The van der Waals surface area contributed by atoms with Gasteiger partial charge in [-0.05, 0) is 37.6 Å². The van der Waals surface area contributed by atoms with Gasteiger partial charge in [0, 0.05) is 19.6 Å². The summed E-state index contributed by atoms with van der Waals surface area (Å²) in [5, 5.41) is 5.92.